The summed E-state index contributed by atoms with van der Waals surface area (Å²) in [6.45, 7) is 2.39. The van der Waals surface area contributed by atoms with E-state index in [-0.39, 0.29) is 29.0 Å². The molecule has 13 heteroatoms. The average molecular weight is 452 g/mol. The van der Waals surface area contributed by atoms with Crippen molar-refractivity contribution in [3.05, 3.63) is 24.3 Å². The third kappa shape index (κ3) is 5.08. The minimum absolute atomic E-state index is 0.0704. The number of likely N-dealkylation sites (N-methyl/N-ethyl adjacent to an activating group) is 1. The van der Waals surface area contributed by atoms with Crippen LogP contribution in [0, 0.1) is 11.3 Å². The van der Waals surface area contributed by atoms with Crippen LogP contribution in [0.15, 0.2) is 34.3 Å². The van der Waals surface area contributed by atoms with Crippen molar-refractivity contribution >= 4 is 39.3 Å². The quantitative estimate of drug-likeness (QED) is 0.436. The molecule has 2 heterocycles. The van der Waals surface area contributed by atoms with Crippen molar-refractivity contribution in [1.29, 1.82) is 5.26 Å². The molecule has 160 valence electrons. The minimum Gasteiger partial charge on any atom is -0.368 e. The van der Waals surface area contributed by atoms with Gasteiger partial charge in [0, 0.05) is 5.69 Å². The number of amides is 1. The maximum Gasteiger partial charge on any atom is 0.244 e. The Morgan fingerprint density at radius 2 is 1.97 bits per heavy atom. The smallest absolute Gasteiger partial charge is 0.244 e. The number of nitrogen functional groups attached to an aromatic ring is 1. The number of thioether (sulfide) groups is 1. The van der Waals surface area contributed by atoms with E-state index >= 15 is 0 Å². The molecule has 1 aliphatic rings. The van der Waals surface area contributed by atoms with Crippen molar-refractivity contribution in [3.8, 4) is 6.07 Å². The highest BCUT2D eigenvalue weighted by Gasteiger charge is 2.29. The van der Waals surface area contributed by atoms with Gasteiger partial charge >= 0.3 is 0 Å². The maximum atomic E-state index is 12.8. The molecule has 3 rings (SSSR count). The van der Waals surface area contributed by atoms with Crippen molar-refractivity contribution in [2.45, 2.75) is 16.6 Å². The lowest BCUT2D eigenvalue weighted by molar-refractivity contribution is -0.883. The van der Waals surface area contributed by atoms with Gasteiger partial charge in [0.15, 0.2) is 5.16 Å². The number of piperazine rings is 1. The summed E-state index contributed by atoms with van der Waals surface area (Å²) >= 11 is 1.13. The van der Waals surface area contributed by atoms with Crippen LogP contribution in [0.2, 0.25) is 0 Å². The molecule has 1 fully saturated rings. The molecule has 11 nitrogen and oxygen atoms in total. The van der Waals surface area contributed by atoms with E-state index in [1.807, 2.05) is 13.1 Å². The Bertz CT molecular complexity index is 1040. The van der Waals surface area contributed by atoms with Gasteiger partial charge in [-0.25, -0.2) is 8.42 Å². The van der Waals surface area contributed by atoms with E-state index in [9.17, 15) is 13.2 Å². The Hall–Kier alpha value is -2.66. The zero-order valence-electron chi connectivity index (χ0n) is 16.4. The summed E-state index contributed by atoms with van der Waals surface area (Å²) in [7, 11) is -1.51. The largest absolute Gasteiger partial charge is 0.368 e. The first-order valence-corrected chi connectivity index (χ1v) is 11.6. The fraction of sp³-hybridized carbons (Fsp3) is 0.412. The lowest BCUT2D eigenvalue weighted by Crippen LogP contribution is -3.12. The third-order valence-electron chi connectivity index (χ3n) is 4.66. The molecule has 1 saturated heterocycles. The Morgan fingerprint density at radius 3 is 2.60 bits per heavy atom. The number of aromatic nitrogens is 3. The number of rotatable bonds is 7. The van der Waals surface area contributed by atoms with Crippen molar-refractivity contribution in [2.24, 2.45) is 0 Å². The summed E-state index contributed by atoms with van der Waals surface area (Å²) in [5, 5.41) is 19.3. The second-order valence-electron chi connectivity index (χ2n) is 6.81. The van der Waals surface area contributed by atoms with E-state index in [1.165, 1.54) is 25.9 Å². The number of hydrogen-bond donors (Lipinski definition) is 3. The van der Waals surface area contributed by atoms with E-state index in [1.54, 1.807) is 12.1 Å². The molecule has 1 amide bonds. The van der Waals surface area contributed by atoms with Crippen LogP contribution in [0.25, 0.3) is 0 Å². The molecule has 0 spiro atoms. The second kappa shape index (κ2) is 9.43. The molecular weight excluding hydrogens is 428 g/mol. The molecule has 1 aromatic carbocycles. The highest BCUT2D eigenvalue weighted by molar-refractivity contribution is 7.99. The predicted molar refractivity (Wildman–Crippen MR) is 111 cm³/mol. The van der Waals surface area contributed by atoms with Gasteiger partial charge in [-0.05, 0) is 24.3 Å². The lowest BCUT2D eigenvalue weighted by Gasteiger charge is -2.29. The molecule has 0 radical (unpaired) electrons. The van der Waals surface area contributed by atoms with Gasteiger partial charge in [-0.3, -0.25) is 9.36 Å². The Labute approximate surface area is 178 Å². The number of nitriles is 1. The topological polar surface area (TPSA) is 151 Å². The van der Waals surface area contributed by atoms with Gasteiger partial charge in [-0.2, -0.15) is 9.57 Å². The zero-order valence-corrected chi connectivity index (χ0v) is 18.0. The standard InChI is InChI=1S/C17H22N8O3S2/c1-23-7-9-24(10-8-23)30(27,28)14-4-2-13(3-5-14)20-15(26)12-25-16(19)21-22-17(25)29-11-6-18/h2-5H,7-12H2,1H3,(H2,19,21)(H,20,26)/p+1. The van der Waals surface area contributed by atoms with Crippen LogP contribution in [0.5, 0.6) is 0 Å². The molecule has 2 aromatic rings. The highest BCUT2D eigenvalue weighted by Crippen LogP contribution is 2.20. The van der Waals surface area contributed by atoms with Gasteiger partial charge in [0.25, 0.3) is 0 Å². The fourth-order valence-electron chi connectivity index (χ4n) is 2.96. The van der Waals surface area contributed by atoms with Crippen LogP contribution in [0.1, 0.15) is 0 Å². The third-order valence-corrected chi connectivity index (χ3v) is 7.41. The van der Waals surface area contributed by atoms with Crippen molar-refractivity contribution < 1.29 is 18.1 Å². The molecule has 0 unspecified atom stereocenters. The van der Waals surface area contributed by atoms with Gasteiger partial charge in [0.1, 0.15) is 6.54 Å². The fourth-order valence-corrected chi connectivity index (χ4v) is 5.01. The number of nitrogens with zero attached hydrogens (tertiary/aromatic N) is 5. The van der Waals surface area contributed by atoms with E-state index in [0.717, 1.165) is 24.9 Å². The van der Waals surface area contributed by atoms with E-state index < -0.39 is 10.0 Å². The van der Waals surface area contributed by atoms with Crippen LogP contribution < -0.4 is 16.0 Å². The Morgan fingerprint density at radius 1 is 1.30 bits per heavy atom. The Balaban J connectivity index is 1.64. The summed E-state index contributed by atoms with van der Waals surface area (Å²) in [6.07, 6.45) is 0. The first-order chi connectivity index (χ1) is 14.3. The van der Waals surface area contributed by atoms with Crippen LogP contribution in [0.3, 0.4) is 0 Å². The number of quaternary nitrogens is 1. The number of nitrogens with two attached hydrogens (primary N) is 1. The summed E-state index contributed by atoms with van der Waals surface area (Å²) in [4.78, 5) is 13.9. The summed E-state index contributed by atoms with van der Waals surface area (Å²) in [6, 6.07) is 8.04. The number of carbonyl (C=O) groups is 1. The molecule has 1 aliphatic heterocycles. The van der Waals surface area contributed by atoms with E-state index in [4.69, 9.17) is 11.0 Å². The SMILES string of the molecule is C[NH+]1CCN(S(=O)(=O)c2ccc(NC(=O)Cn3c(N)nnc3SCC#N)cc2)CC1. The molecule has 0 atom stereocenters. The number of nitrogens with one attached hydrogen (secondary N) is 2. The number of carbonyl (C=O) groups excluding carboxylic acids is 1. The Kier molecular flexibility index (Phi) is 6.93. The molecule has 1 aromatic heterocycles. The zero-order chi connectivity index (χ0) is 21.7. The summed E-state index contributed by atoms with van der Waals surface area (Å²) in [5.41, 5.74) is 6.20. The molecule has 0 saturated carbocycles. The molecule has 0 aliphatic carbocycles. The van der Waals surface area contributed by atoms with Gasteiger partial charge in [-0.1, -0.05) is 11.8 Å². The van der Waals surface area contributed by atoms with Crippen molar-refractivity contribution in [2.75, 3.05) is 50.0 Å². The maximum absolute atomic E-state index is 12.8. The molecule has 0 bridgehead atoms. The average Bonchev–Trinajstić information content (AvgIpc) is 3.06. The van der Waals surface area contributed by atoms with Gasteiger partial charge in [0.05, 0.1) is 49.9 Å². The molecule has 30 heavy (non-hydrogen) atoms. The summed E-state index contributed by atoms with van der Waals surface area (Å²) < 4.78 is 28.4. The highest BCUT2D eigenvalue weighted by atomic mass is 32.2. The van der Waals surface area contributed by atoms with Crippen LogP contribution in [0.4, 0.5) is 11.6 Å². The second-order valence-corrected chi connectivity index (χ2v) is 9.69. The van der Waals surface area contributed by atoms with Crippen LogP contribution in [-0.2, 0) is 21.4 Å². The number of hydrogen-bond acceptors (Lipinski definition) is 8. The molecular formula is C17H23N8O3S2+. The number of sulfonamides is 1. The first-order valence-electron chi connectivity index (χ1n) is 9.21. The lowest BCUT2D eigenvalue weighted by atomic mass is 10.3. The predicted octanol–water partition coefficient (Wildman–Crippen LogP) is -1.37. The number of benzene rings is 1. The van der Waals surface area contributed by atoms with Crippen molar-refractivity contribution in [3.63, 3.8) is 0 Å². The van der Waals surface area contributed by atoms with Gasteiger partial charge < -0.3 is 16.0 Å². The molecule has 4 N–H and O–H groups in total. The normalized spacial score (nSPS) is 15.6. The van der Waals surface area contributed by atoms with Gasteiger partial charge in [0.2, 0.25) is 21.9 Å². The van der Waals surface area contributed by atoms with Gasteiger partial charge in [-0.15, -0.1) is 10.2 Å². The van der Waals surface area contributed by atoms with Crippen LogP contribution in [-0.4, -0.2) is 72.4 Å². The van der Waals surface area contributed by atoms with Crippen molar-refractivity contribution in [1.82, 2.24) is 19.1 Å². The monoisotopic (exact) mass is 451 g/mol. The van der Waals surface area contributed by atoms with E-state index in [0.29, 0.717) is 23.9 Å². The van der Waals surface area contributed by atoms with Crippen LogP contribution >= 0.6 is 11.8 Å². The van der Waals surface area contributed by atoms with E-state index in [2.05, 4.69) is 15.5 Å². The number of anilines is 2. The first kappa shape index (κ1) is 22.0. The summed E-state index contributed by atoms with van der Waals surface area (Å²) in [5.74, 6) is -0.149. The minimum atomic E-state index is -3.55.